The number of rotatable bonds is 24. The quantitative estimate of drug-likeness (QED) is 0.0781. The number of nitrogens with zero attached hydrogens (tertiary/aromatic N) is 1. The van der Waals surface area contributed by atoms with Gasteiger partial charge in [0.25, 0.3) is 0 Å². The van der Waals surface area contributed by atoms with Crippen molar-refractivity contribution in [1.82, 2.24) is 20.9 Å². The average Bonchev–Trinajstić information content (AvgIpc) is 3.89. The molecule has 3 N–H and O–H groups in total. The summed E-state index contributed by atoms with van der Waals surface area (Å²) >= 11 is 0. The van der Waals surface area contributed by atoms with Gasteiger partial charge in [0.05, 0.1) is 18.5 Å². The number of likely N-dealkylation sites (tertiary alicyclic amines) is 1. The standard InChI is InChI=1S/C42H62N4O9/c1-41(2,3)31-25-38(52)46(40(31)54)22-12-8-11-15-35(49)43-26-30(47)18-20-37(51)45-32(23-28-13-9-7-10-14-28)33(48)19-21-36(50)44-27-55-34(24-29-16-17-29)39(53)42(4,5)6/h7,9-10,13-14,29,31-32,34H,8,11-12,15-27H2,1-6H3,(H,43,49)(H,44,50)(H,45,51)/t31?,32-,34-/m0/s1. The number of imide groups is 1. The first-order valence-corrected chi connectivity index (χ1v) is 19.8. The van der Waals surface area contributed by atoms with Gasteiger partial charge in [-0.1, -0.05) is 91.1 Å². The van der Waals surface area contributed by atoms with Crippen LogP contribution in [0.2, 0.25) is 0 Å². The molecule has 3 atom stereocenters. The third kappa shape index (κ3) is 16.2. The molecule has 2 fully saturated rings. The molecule has 2 aliphatic rings. The molecule has 1 saturated heterocycles. The Morgan fingerprint density at radius 3 is 2.07 bits per heavy atom. The van der Waals surface area contributed by atoms with Gasteiger partial charge in [0, 0.05) is 50.5 Å². The van der Waals surface area contributed by atoms with Crippen molar-refractivity contribution < 1.29 is 43.1 Å². The fourth-order valence-electron chi connectivity index (χ4n) is 6.43. The number of amides is 5. The van der Waals surface area contributed by atoms with Crippen LogP contribution in [0.15, 0.2) is 30.3 Å². The van der Waals surface area contributed by atoms with Crippen LogP contribution in [0, 0.1) is 22.7 Å². The number of hydrogen-bond acceptors (Lipinski definition) is 9. The predicted octanol–water partition coefficient (Wildman–Crippen LogP) is 4.38. The Morgan fingerprint density at radius 1 is 0.800 bits per heavy atom. The van der Waals surface area contributed by atoms with E-state index in [1.807, 2.05) is 71.9 Å². The second-order valence-electron chi connectivity index (χ2n) is 17.1. The summed E-state index contributed by atoms with van der Waals surface area (Å²) in [5.74, 6) is -2.04. The first-order chi connectivity index (χ1) is 25.8. The summed E-state index contributed by atoms with van der Waals surface area (Å²) in [7, 11) is 0. The molecule has 13 heteroatoms. The normalized spacial score (nSPS) is 17.1. The van der Waals surface area contributed by atoms with Crippen LogP contribution in [-0.2, 0) is 49.5 Å². The summed E-state index contributed by atoms with van der Waals surface area (Å²) in [6.07, 6.45) is 3.98. The number of hydrogen-bond donors (Lipinski definition) is 3. The van der Waals surface area contributed by atoms with Gasteiger partial charge < -0.3 is 20.7 Å². The Kier molecular flexibility index (Phi) is 17.4. The zero-order chi connectivity index (χ0) is 40.8. The maximum atomic E-state index is 13.3. The first-order valence-electron chi connectivity index (χ1n) is 19.8. The lowest BCUT2D eigenvalue weighted by atomic mass is 9.80. The smallest absolute Gasteiger partial charge is 0.233 e. The fourth-order valence-corrected chi connectivity index (χ4v) is 6.43. The van der Waals surface area contributed by atoms with Crippen LogP contribution in [0.25, 0.3) is 0 Å². The molecule has 1 saturated carbocycles. The Labute approximate surface area is 325 Å². The summed E-state index contributed by atoms with van der Waals surface area (Å²) in [6.45, 7) is 11.3. The van der Waals surface area contributed by atoms with Crippen LogP contribution in [0.5, 0.6) is 0 Å². The lowest BCUT2D eigenvalue weighted by molar-refractivity contribution is -0.141. The predicted molar refractivity (Wildman–Crippen MR) is 206 cm³/mol. The van der Waals surface area contributed by atoms with Gasteiger partial charge in [-0.05, 0) is 42.6 Å². The Hall–Kier alpha value is -4.26. The molecule has 304 valence electrons. The number of carbonyl (C=O) groups is 8. The van der Waals surface area contributed by atoms with Gasteiger partial charge >= 0.3 is 0 Å². The molecule has 1 aliphatic heterocycles. The van der Waals surface area contributed by atoms with E-state index in [0.29, 0.717) is 38.1 Å². The molecule has 55 heavy (non-hydrogen) atoms. The molecular formula is C42H62N4O9. The van der Waals surface area contributed by atoms with E-state index in [4.69, 9.17) is 4.74 Å². The van der Waals surface area contributed by atoms with Gasteiger partial charge in [-0.25, -0.2) is 0 Å². The highest BCUT2D eigenvalue weighted by atomic mass is 16.5. The third-order valence-electron chi connectivity index (χ3n) is 10.1. The molecule has 0 radical (unpaired) electrons. The number of benzene rings is 1. The number of carbonyl (C=O) groups excluding carboxylic acids is 8. The zero-order valence-electron chi connectivity index (χ0n) is 33.6. The van der Waals surface area contributed by atoms with E-state index in [0.717, 1.165) is 18.4 Å². The van der Waals surface area contributed by atoms with Crippen LogP contribution in [-0.4, -0.2) is 83.8 Å². The number of unbranched alkanes of at least 4 members (excludes halogenated alkanes) is 2. The van der Waals surface area contributed by atoms with Crippen LogP contribution in [0.4, 0.5) is 0 Å². The summed E-state index contributed by atoms with van der Waals surface area (Å²) in [6, 6.07) is 8.22. The molecule has 1 unspecified atom stereocenters. The van der Waals surface area contributed by atoms with Crippen molar-refractivity contribution in [2.45, 2.75) is 137 Å². The SMILES string of the molecule is CC(C)(C)C(=O)[C@H](CC1CC1)OCNC(=O)CCC(=O)[C@H](Cc1ccccc1)NC(=O)CCC(=O)CNC(=O)CCCCCN1C(=O)CC(C(C)(C)C)C1=O. The van der Waals surface area contributed by atoms with Crippen molar-refractivity contribution in [3.05, 3.63) is 35.9 Å². The highest BCUT2D eigenvalue weighted by Crippen LogP contribution is 2.36. The van der Waals surface area contributed by atoms with E-state index in [-0.39, 0.29) is 105 Å². The first kappa shape index (κ1) is 45.1. The summed E-state index contributed by atoms with van der Waals surface area (Å²) in [5, 5.41) is 7.95. The van der Waals surface area contributed by atoms with E-state index < -0.39 is 29.4 Å². The van der Waals surface area contributed by atoms with Gasteiger partial charge in [0.2, 0.25) is 29.5 Å². The fraction of sp³-hybridized carbons (Fsp3) is 0.667. The maximum absolute atomic E-state index is 13.3. The van der Waals surface area contributed by atoms with Crippen LogP contribution < -0.4 is 16.0 Å². The Bertz CT molecular complexity index is 1530. The minimum atomic E-state index is -0.914. The summed E-state index contributed by atoms with van der Waals surface area (Å²) in [5.41, 5.74) is -0.0348. The highest BCUT2D eigenvalue weighted by molar-refractivity contribution is 6.03. The molecule has 0 aromatic heterocycles. The third-order valence-corrected chi connectivity index (χ3v) is 10.1. The van der Waals surface area contributed by atoms with Crippen LogP contribution in [0.1, 0.15) is 124 Å². The van der Waals surface area contributed by atoms with Crippen LogP contribution >= 0.6 is 0 Å². The monoisotopic (exact) mass is 766 g/mol. The lowest BCUT2D eigenvalue weighted by Gasteiger charge is -2.25. The van der Waals surface area contributed by atoms with E-state index in [1.54, 1.807) is 0 Å². The number of ether oxygens (including phenoxy) is 1. The van der Waals surface area contributed by atoms with Gasteiger partial charge in [-0.3, -0.25) is 43.3 Å². The topological polar surface area (TPSA) is 185 Å². The number of nitrogens with one attached hydrogen (secondary N) is 3. The highest BCUT2D eigenvalue weighted by Gasteiger charge is 2.44. The Morgan fingerprint density at radius 2 is 1.45 bits per heavy atom. The molecule has 0 spiro atoms. The molecule has 1 heterocycles. The molecule has 1 aromatic carbocycles. The van der Waals surface area contributed by atoms with Crippen molar-refractivity contribution in [2.75, 3.05) is 19.8 Å². The van der Waals surface area contributed by atoms with E-state index in [2.05, 4.69) is 16.0 Å². The molecule has 3 rings (SSSR count). The van der Waals surface area contributed by atoms with Crippen molar-refractivity contribution in [3.8, 4) is 0 Å². The van der Waals surface area contributed by atoms with Crippen LogP contribution in [0.3, 0.4) is 0 Å². The molecule has 13 nitrogen and oxygen atoms in total. The van der Waals surface area contributed by atoms with Crippen molar-refractivity contribution in [2.24, 2.45) is 22.7 Å². The minimum Gasteiger partial charge on any atom is -0.350 e. The van der Waals surface area contributed by atoms with E-state index in [1.165, 1.54) is 4.90 Å². The van der Waals surface area contributed by atoms with E-state index >= 15 is 0 Å². The van der Waals surface area contributed by atoms with Gasteiger partial charge in [0.15, 0.2) is 17.3 Å². The second kappa shape index (κ2) is 21.2. The summed E-state index contributed by atoms with van der Waals surface area (Å²) < 4.78 is 5.78. The second-order valence-corrected chi connectivity index (χ2v) is 17.1. The molecule has 1 aliphatic carbocycles. The number of ketones is 3. The van der Waals surface area contributed by atoms with Crippen molar-refractivity contribution >= 4 is 46.9 Å². The molecule has 0 bridgehead atoms. The molecule has 5 amide bonds. The summed E-state index contributed by atoms with van der Waals surface area (Å²) in [4.78, 5) is 103. The Balaban J connectivity index is 1.36. The van der Waals surface area contributed by atoms with Gasteiger partial charge in [-0.15, -0.1) is 0 Å². The minimum absolute atomic E-state index is 0.0134. The van der Waals surface area contributed by atoms with E-state index in [9.17, 15) is 38.4 Å². The number of Topliss-reactive ketones (excluding diaryl/α,β-unsaturated/α-hetero) is 3. The average molecular weight is 767 g/mol. The largest absolute Gasteiger partial charge is 0.350 e. The maximum Gasteiger partial charge on any atom is 0.233 e. The zero-order valence-corrected chi connectivity index (χ0v) is 33.6. The van der Waals surface area contributed by atoms with Crippen molar-refractivity contribution in [1.29, 1.82) is 0 Å². The van der Waals surface area contributed by atoms with Gasteiger partial charge in [0.1, 0.15) is 12.8 Å². The van der Waals surface area contributed by atoms with Crippen molar-refractivity contribution in [3.63, 3.8) is 0 Å². The molecule has 1 aromatic rings. The van der Waals surface area contributed by atoms with Gasteiger partial charge in [-0.2, -0.15) is 0 Å². The molecular weight excluding hydrogens is 704 g/mol. The lowest BCUT2D eigenvalue weighted by Crippen LogP contribution is -2.43.